The van der Waals surface area contributed by atoms with Crippen molar-refractivity contribution in [3.8, 4) is 22.6 Å². The van der Waals surface area contributed by atoms with E-state index >= 15 is 0 Å². The number of aliphatic carboxylic acids is 1. The number of carbonyl (C=O) groups is 2. The fourth-order valence-electron chi connectivity index (χ4n) is 7.06. The fourth-order valence-corrected chi connectivity index (χ4v) is 7.06. The molecule has 10 heteroatoms. The minimum atomic E-state index is -0.900. The molecule has 2 aliphatic rings. The number of aliphatic hydroxyl groups is 1. The van der Waals surface area contributed by atoms with E-state index in [1.165, 1.54) is 11.1 Å². The van der Waals surface area contributed by atoms with E-state index in [1.54, 1.807) is 14.2 Å². The maximum atomic E-state index is 12.2. The van der Waals surface area contributed by atoms with E-state index < -0.39 is 12.3 Å². The first kappa shape index (κ1) is 37.0. The van der Waals surface area contributed by atoms with Gasteiger partial charge in [0.05, 0.1) is 33.0 Å². The molecular formula is C42H48N2O8. The van der Waals surface area contributed by atoms with Crippen molar-refractivity contribution in [2.75, 3.05) is 27.3 Å². The lowest BCUT2D eigenvalue weighted by molar-refractivity contribution is -0.276. The molecule has 4 aromatic carbocycles. The van der Waals surface area contributed by atoms with E-state index in [0.29, 0.717) is 13.0 Å². The van der Waals surface area contributed by atoms with Crippen LogP contribution in [0, 0.1) is 5.92 Å². The number of aliphatic hydroxyl groups excluding tert-OH is 1. The first-order valence-electron chi connectivity index (χ1n) is 17.9. The highest BCUT2D eigenvalue weighted by molar-refractivity contribution is 5.76. The Balaban J connectivity index is 1.17. The molecule has 0 saturated carbocycles. The Morgan fingerprint density at radius 3 is 2.25 bits per heavy atom. The molecule has 4 aromatic rings. The van der Waals surface area contributed by atoms with Crippen LogP contribution in [0.15, 0.2) is 84.9 Å². The van der Waals surface area contributed by atoms with Crippen LogP contribution < -0.4 is 14.8 Å². The predicted octanol–water partition coefficient (Wildman–Crippen LogP) is 6.58. The number of ether oxygens (including phenoxy) is 4. The first-order chi connectivity index (χ1) is 25.2. The third-order valence-electron chi connectivity index (χ3n) is 10.1. The summed E-state index contributed by atoms with van der Waals surface area (Å²) in [7, 11) is 3.33. The van der Waals surface area contributed by atoms with Gasteiger partial charge < -0.3 is 34.5 Å². The molecule has 0 unspecified atom stereocenters. The lowest BCUT2D eigenvalue weighted by Crippen LogP contribution is -2.45. The molecule has 1 fully saturated rings. The fraction of sp³-hybridized carbons (Fsp3) is 0.381. The minimum Gasteiger partial charge on any atom is -0.493 e. The Labute approximate surface area is 305 Å². The highest BCUT2D eigenvalue weighted by Crippen LogP contribution is 2.43. The number of hydrogen-bond acceptors (Lipinski definition) is 8. The molecule has 1 amide bonds. The van der Waals surface area contributed by atoms with Crippen LogP contribution in [0.4, 0.5) is 0 Å². The molecule has 0 aliphatic carbocycles. The number of rotatable bonds is 14. The molecule has 52 heavy (non-hydrogen) atoms. The van der Waals surface area contributed by atoms with Crippen molar-refractivity contribution >= 4 is 11.9 Å². The molecule has 6 rings (SSSR count). The molecule has 10 nitrogen and oxygen atoms in total. The van der Waals surface area contributed by atoms with Crippen molar-refractivity contribution in [2.45, 2.75) is 70.8 Å². The van der Waals surface area contributed by atoms with Crippen LogP contribution in [0.1, 0.15) is 72.0 Å². The quantitative estimate of drug-likeness (QED) is 0.133. The maximum Gasteiger partial charge on any atom is 0.303 e. The van der Waals surface area contributed by atoms with Crippen molar-refractivity contribution in [1.82, 2.24) is 10.2 Å². The van der Waals surface area contributed by atoms with E-state index in [4.69, 9.17) is 24.1 Å². The zero-order valence-corrected chi connectivity index (χ0v) is 30.0. The zero-order chi connectivity index (χ0) is 36.6. The van der Waals surface area contributed by atoms with Crippen LogP contribution in [-0.2, 0) is 45.2 Å². The van der Waals surface area contributed by atoms with Gasteiger partial charge in [-0.05, 0) is 70.0 Å². The van der Waals surface area contributed by atoms with Gasteiger partial charge in [-0.15, -0.1) is 0 Å². The van der Waals surface area contributed by atoms with E-state index in [9.17, 15) is 14.7 Å². The molecule has 2 heterocycles. The topological polar surface area (TPSA) is 127 Å². The van der Waals surface area contributed by atoms with E-state index in [2.05, 4.69) is 41.4 Å². The van der Waals surface area contributed by atoms with Crippen molar-refractivity contribution in [2.24, 2.45) is 5.92 Å². The molecule has 0 bridgehead atoms. The Hall–Kier alpha value is -4.74. The number of nitrogens with zero attached hydrogens (tertiary/aromatic N) is 1. The number of methoxy groups -OCH3 is 2. The third-order valence-corrected chi connectivity index (χ3v) is 10.1. The van der Waals surface area contributed by atoms with Gasteiger partial charge in [-0.2, -0.15) is 0 Å². The summed E-state index contributed by atoms with van der Waals surface area (Å²) in [6, 6.07) is 28.4. The van der Waals surface area contributed by atoms with Gasteiger partial charge in [0.1, 0.15) is 0 Å². The lowest BCUT2D eigenvalue weighted by atomic mass is 9.89. The molecule has 4 atom stereocenters. The summed E-state index contributed by atoms with van der Waals surface area (Å²) >= 11 is 0. The second-order valence-electron chi connectivity index (χ2n) is 13.6. The summed E-state index contributed by atoms with van der Waals surface area (Å²) in [5.74, 6) is 0.482. The first-order valence-corrected chi connectivity index (χ1v) is 17.9. The van der Waals surface area contributed by atoms with Gasteiger partial charge in [-0.1, -0.05) is 73.7 Å². The molecular weight excluding hydrogens is 660 g/mol. The summed E-state index contributed by atoms with van der Waals surface area (Å²) in [6.45, 7) is 4.96. The zero-order valence-electron chi connectivity index (χ0n) is 30.0. The normalized spacial score (nSPS) is 20.2. The van der Waals surface area contributed by atoms with Gasteiger partial charge in [0.25, 0.3) is 0 Å². The van der Waals surface area contributed by atoms with Crippen molar-refractivity contribution in [3.63, 3.8) is 0 Å². The van der Waals surface area contributed by atoms with Crippen LogP contribution in [0.25, 0.3) is 11.1 Å². The monoisotopic (exact) mass is 708 g/mol. The van der Waals surface area contributed by atoms with Crippen molar-refractivity contribution in [1.29, 1.82) is 0 Å². The number of hydrogen-bond donors (Lipinski definition) is 3. The summed E-state index contributed by atoms with van der Waals surface area (Å²) in [5, 5.41) is 21.3. The summed E-state index contributed by atoms with van der Waals surface area (Å²) < 4.78 is 24.7. The van der Waals surface area contributed by atoms with Gasteiger partial charge in [0, 0.05) is 50.5 Å². The molecule has 3 N–H and O–H groups in total. The number of carbonyl (C=O) groups excluding carboxylic acids is 1. The summed E-state index contributed by atoms with van der Waals surface area (Å²) in [6.07, 6.45) is 0.480. The number of fused-ring (bicyclic) bond motifs is 1. The Morgan fingerprint density at radius 1 is 0.846 bits per heavy atom. The molecule has 0 spiro atoms. The largest absolute Gasteiger partial charge is 0.493 e. The average molecular weight is 709 g/mol. The number of amides is 1. The highest BCUT2D eigenvalue weighted by Gasteiger charge is 2.39. The van der Waals surface area contributed by atoms with Crippen LogP contribution in [0.3, 0.4) is 0 Å². The number of nitrogens with one attached hydrogen (secondary N) is 1. The maximum absolute atomic E-state index is 12.2. The van der Waals surface area contributed by atoms with Gasteiger partial charge >= 0.3 is 5.97 Å². The van der Waals surface area contributed by atoms with Gasteiger partial charge in [-0.3, -0.25) is 14.5 Å². The SMILES string of the molecule is COc1cc2c(cc1OC)CN(C[C@H]1O[C@@H](c3ccc(-c4cccc(CNC(=O)CCCC(=O)O)c4)cc3)O[C@@H](c3ccc(CO)cc3)[C@H]1C)CC2. The van der Waals surface area contributed by atoms with Crippen LogP contribution in [0.5, 0.6) is 11.5 Å². The minimum absolute atomic E-state index is 0.0126. The van der Waals surface area contributed by atoms with E-state index in [-0.39, 0.29) is 43.5 Å². The number of benzene rings is 4. The predicted molar refractivity (Wildman–Crippen MR) is 197 cm³/mol. The van der Waals surface area contributed by atoms with E-state index in [0.717, 1.165) is 70.9 Å². The highest BCUT2D eigenvalue weighted by atomic mass is 16.7. The molecule has 0 radical (unpaired) electrons. The Kier molecular flexibility index (Phi) is 12.2. The second kappa shape index (κ2) is 17.2. The Bertz CT molecular complexity index is 1830. The Morgan fingerprint density at radius 2 is 1.56 bits per heavy atom. The third kappa shape index (κ3) is 9.00. The molecule has 0 aromatic heterocycles. The van der Waals surface area contributed by atoms with Crippen LogP contribution >= 0.6 is 0 Å². The lowest BCUT2D eigenvalue weighted by Gasteiger charge is -2.43. The van der Waals surface area contributed by atoms with Crippen molar-refractivity contribution in [3.05, 3.63) is 118 Å². The average Bonchev–Trinajstić information content (AvgIpc) is 3.17. The van der Waals surface area contributed by atoms with Crippen LogP contribution in [0.2, 0.25) is 0 Å². The van der Waals surface area contributed by atoms with Gasteiger partial charge in [0.2, 0.25) is 5.91 Å². The molecule has 1 saturated heterocycles. The number of carboxylic acids is 1. The van der Waals surface area contributed by atoms with Gasteiger partial charge in [0.15, 0.2) is 17.8 Å². The summed E-state index contributed by atoms with van der Waals surface area (Å²) in [5.41, 5.74) is 8.32. The molecule has 274 valence electrons. The molecule has 2 aliphatic heterocycles. The van der Waals surface area contributed by atoms with Crippen molar-refractivity contribution < 1.29 is 38.7 Å². The van der Waals surface area contributed by atoms with Crippen LogP contribution in [-0.4, -0.2) is 60.4 Å². The second-order valence-corrected chi connectivity index (χ2v) is 13.6. The summed E-state index contributed by atoms with van der Waals surface area (Å²) in [4.78, 5) is 25.4. The van der Waals surface area contributed by atoms with E-state index in [1.807, 2.05) is 60.7 Å². The standard InChI is InChI=1S/C42H48N2O8/c1-27-38(25-44-19-18-34-21-36(49-2)37(50-3)22-35(34)24-44)51-42(52-41(27)31-12-10-28(26-45)11-13-31)32-16-14-30(15-17-32)33-7-4-6-29(20-33)23-43-39(46)8-5-9-40(47)48/h4,6-7,10-17,20-22,27,38,41-42,45H,5,8-9,18-19,23-26H2,1-3H3,(H,43,46)(H,47,48)/t27-,38+,41+,42+/m0/s1. The smallest absolute Gasteiger partial charge is 0.303 e. The van der Waals surface area contributed by atoms with Gasteiger partial charge in [-0.25, -0.2) is 0 Å². The number of carboxylic acid groups (broad SMARTS) is 1.